The van der Waals surface area contributed by atoms with E-state index in [9.17, 15) is 14.0 Å². The Kier molecular flexibility index (Phi) is 7.31. The van der Waals surface area contributed by atoms with Crippen LogP contribution in [0, 0.1) is 11.8 Å². The molecule has 18 heavy (non-hydrogen) atoms. The van der Waals surface area contributed by atoms with Crippen molar-refractivity contribution in [1.29, 1.82) is 0 Å². The van der Waals surface area contributed by atoms with Crippen LogP contribution in [0.15, 0.2) is 0 Å². The lowest BCUT2D eigenvalue weighted by Crippen LogP contribution is -2.37. The first kappa shape index (κ1) is 16.7. The van der Waals surface area contributed by atoms with Gasteiger partial charge in [-0.25, -0.2) is 9.18 Å². The molecule has 0 spiro atoms. The SMILES string of the molecule is CC(C)C(=O)O[C@H](OC(=O)NC[C@@H](C)F)C(C)C. The normalized spacial score (nSPS) is 14.2. The highest BCUT2D eigenvalue weighted by molar-refractivity contribution is 5.72. The topological polar surface area (TPSA) is 64.6 Å². The highest BCUT2D eigenvalue weighted by Crippen LogP contribution is 2.11. The van der Waals surface area contributed by atoms with Gasteiger partial charge in [0.1, 0.15) is 6.17 Å². The van der Waals surface area contributed by atoms with Crippen molar-refractivity contribution in [2.75, 3.05) is 6.54 Å². The highest BCUT2D eigenvalue weighted by Gasteiger charge is 2.24. The number of ether oxygens (including phenoxy) is 2. The van der Waals surface area contributed by atoms with Gasteiger partial charge in [-0.15, -0.1) is 0 Å². The fraction of sp³-hybridized carbons (Fsp3) is 0.833. The van der Waals surface area contributed by atoms with E-state index in [0.29, 0.717) is 0 Å². The number of rotatable bonds is 6. The van der Waals surface area contributed by atoms with E-state index in [1.807, 2.05) is 0 Å². The summed E-state index contributed by atoms with van der Waals surface area (Å²) in [5.74, 6) is -0.926. The number of carbonyl (C=O) groups excluding carboxylic acids is 2. The second-order valence-electron chi connectivity index (χ2n) is 4.77. The van der Waals surface area contributed by atoms with Crippen molar-refractivity contribution in [3.8, 4) is 0 Å². The van der Waals surface area contributed by atoms with Crippen molar-refractivity contribution in [2.45, 2.75) is 47.1 Å². The van der Waals surface area contributed by atoms with Crippen LogP contribution in [0.25, 0.3) is 0 Å². The predicted molar refractivity (Wildman–Crippen MR) is 64.6 cm³/mol. The van der Waals surface area contributed by atoms with E-state index in [4.69, 9.17) is 9.47 Å². The summed E-state index contributed by atoms with van der Waals surface area (Å²) in [6.45, 7) is 8.06. The summed E-state index contributed by atoms with van der Waals surface area (Å²) in [6, 6.07) is 0. The fourth-order valence-corrected chi connectivity index (χ4v) is 0.918. The standard InChI is InChI=1S/C12H22FNO4/c1-7(2)10(15)17-11(8(3)4)18-12(16)14-6-9(5)13/h7-9,11H,6H2,1-5H3,(H,14,16)/t9-,11-/m1/s1. The van der Waals surface area contributed by atoms with E-state index in [2.05, 4.69) is 5.32 Å². The van der Waals surface area contributed by atoms with Gasteiger partial charge in [-0.05, 0) is 6.92 Å². The summed E-state index contributed by atoms with van der Waals surface area (Å²) in [5, 5.41) is 2.24. The van der Waals surface area contributed by atoms with Crippen molar-refractivity contribution >= 4 is 12.1 Å². The second kappa shape index (κ2) is 7.89. The molecule has 0 heterocycles. The number of alkyl halides is 1. The van der Waals surface area contributed by atoms with E-state index < -0.39 is 24.5 Å². The highest BCUT2D eigenvalue weighted by atomic mass is 19.1. The number of nitrogens with one attached hydrogen (secondary N) is 1. The average Bonchev–Trinajstić information content (AvgIpc) is 2.24. The molecule has 0 aromatic heterocycles. The summed E-state index contributed by atoms with van der Waals surface area (Å²) < 4.78 is 22.5. The van der Waals surface area contributed by atoms with Gasteiger partial charge in [-0.2, -0.15) is 0 Å². The third-order valence-corrected chi connectivity index (χ3v) is 2.00. The number of alkyl carbamates (subject to hydrolysis) is 1. The summed E-state index contributed by atoms with van der Waals surface area (Å²) >= 11 is 0. The van der Waals surface area contributed by atoms with Gasteiger partial charge < -0.3 is 14.8 Å². The molecule has 0 radical (unpaired) electrons. The van der Waals surface area contributed by atoms with E-state index in [1.165, 1.54) is 6.92 Å². The van der Waals surface area contributed by atoms with Crippen molar-refractivity contribution in [3.05, 3.63) is 0 Å². The molecule has 0 aromatic rings. The van der Waals surface area contributed by atoms with Crippen LogP contribution in [0.4, 0.5) is 9.18 Å². The molecule has 2 atom stereocenters. The predicted octanol–water partition coefficient (Wildman–Crippen LogP) is 2.25. The van der Waals surface area contributed by atoms with Crippen LogP contribution in [-0.4, -0.2) is 31.1 Å². The Morgan fingerprint density at radius 2 is 1.67 bits per heavy atom. The molecular weight excluding hydrogens is 241 g/mol. The Bertz CT molecular complexity index is 279. The Hall–Kier alpha value is -1.33. The van der Waals surface area contributed by atoms with Gasteiger partial charge in [-0.1, -0.05) is 27.7 Å². The lowest BCUT2D eigenvalue weighted by Gasteiger charge is -2.22. The maximum atomic E-state index is 12.5. The smallest absolute Gasteiger partial charge is 0.410 e. The molecule has 0 fully saturated rings. The molecule has 5 nitrogen and oxygen atoms in total. The number of carbonyl (C=O) groups is 2. The first-order valence-corrected chi connectivity index (χ1v) is 6.03. The van der Waals surface area contributed by atoms with Gasteiger partial charge in [0.25, 0.3) is 6.29 Å². The van der Waals surface area contributed by atoms with Crippen molar-refractivity contribution in [3.63, 3.8) is 0 Å². The van der Waals surface area contributed by atoms with Gasteiger partial charge in [-0.3, -0.25) is 4.79 Å². The zero-order chi connectivity index (χ0) is 14.3. The summed E-state index contributed by atoms with van der Waals surface area (Å²) in [7, 11) is 0. The maximum absolute atomic E-state index is 12.5. The third-order valence-electron chi connectivity index (χ3n) is 2.00. The van der Waals surface area contributed by atoms with E-state index >= 15 is 0 Å². The van der Waals surface area contributed by atoms with E-state index in [0.717, 1.165) is 0 Å². The molecule has 0 aliphatic carbocycles. The molecule has 0 aromatic carbocycles. The number of halogens is 1. The van der Waals surface area contributed by atoms with Gasteiger partial charge in [0, 0.05) is 5.92 Å². The van der Waals surface area contributed by atoms with Crippen LogP contribution >= 0.6 is 0 Å². The fourth-order valence-electron chi connectivity index (χ4n) is 0.918. The number of hydrogen-bond donors (Lipinski definition) is 1. The van der Waals surface area contributed by atoms with Crippen LogP contribution in [0.1, 0.15) is 34.6 Å². The zero-order valence-electron chi connectivity index (χ0n) is 11.5. The van der Waals surface area contributed by atoms with Gasteiger partial charge in [0.05, 0.1) is 12.5 Å². The number of hydrogen-bond acceptors (Lipinski definition) is 4. The maximum Gasteiger partial charge on any atom is 0.410 e. The van der Waals surface area contributed by atoms with Crippen molar-refractivity contribution in [2.24, 2.45) is 11.8 Å². The Morgan fingerprint density at radius 3 is 2.06 bits per heavy atom. The largest absolute Gasteiger partial charge is 0.425 e. The van der Waals surface area contributed by atoms with Crippen LogP contribution in [0.2, 0.25) is 0 Å². The molecule has 0 aliphatic rings. The minimum Gasteiger partial charge on any atom is -0.425 e. The Morgan fingerprint density at radius 1 is 1.11 bits per heavy atom. The molecule has 0 saturated carbocycles. The molecule has 1 amide bonds. The van der Waals surface area contributed by atoms with Crippen LogP contribution in [0.5, 0.6) is 0 Å². The van der Waals surface area contributed by atoms with Gasteiger partial charge in [0.15, 0.2) is 0 Å². The molecular formula is C12H22FNO4. The molecule has 0 saturated heterocycles. The van der Waals surface area contributed by atoms with Gasteiger partial charge >= 0.3 is 12.1 Å². The van der Waals surface area contributed by atoms with E-state index in [-0.39, 0.29) is 18.4 Å². The third kappa shape index (κ3) is 7.09. The first-order chi connectivity index (χ1) is 8.23. The molecule has 106 valence electrons. The Balaban J connectivity index is 4.27. The number of amides is 1. The molecule has 0 bridgehead atoms. The second-order valence-corrected chi connectivity index (χ2v) is 4.77. The molecule has 0 aliphatic heterocycles. The summed E-state index contributed by atoms with van der Waals surface area (Å²) in [4.78, 5) is 22.7. The molecule has 1 N–H and O–H groups in total. The minimum atomic E-state index is -1.16. The molecule has 6 heteroatoms. The summed E-state index contributed by atoms with van der Waals surface area (Å²) in [6.07, 6.45) is -2.92. The number of esters is 1. The lowest BCUT2D eigenvalue weighted by molar-refractivity contribution is -0.178. The average molecular weight is 263 g/mol. The monoisotopic (exact) mass is 263 g/mol. The zero-order valence-corrected chi connectivity index (χ0v) is 11.5. The van der Waals surface area contributed by atoms with Crippen LogP contribution < -0.4 is 5.32 Å². The first-order valence-electron chi connectivity index (χ1n) is 6.03. The summed E-state index contributed by atoms with van der Waals surface area (Å²) in [5.41, 5.74) is 0. The molecule has 0 unspecified atom stereocenters. The van der Waals surface area contributed by atoms with Crippen molar-refractivity contribution < 1.29 is 23.5 Å². The van der Waals surface area contributed by atoms with Crippen LogP contribution in [-0.2, 0) is 14.3 Å². The Labute approximate surface area is 107 Å². The van der Waals surface area contributed by atoms with Crippen molar-refractivity contribution in [1.82, 2.24) is 5.32 Å². The lowest BCUT2D eigenvalue weighted by atomic mass is 10.2. The van der Waals surface area contributed by atoms with Crippen LogP contribution in [0.3, 0.4) is 0 Å². The molecule has 0 rings (SSSR count). The van der Waals surface area contributed by atoms with E-state index in [1.54, 1.807) is 27.7 Å². The minimum absolute atomic E-state index is 0.137. The quantitative estimate of drug-likeness (QED) is 0.589. The van der Waals surface area contributed by atoms with Gasteiger partial charge in [0.2, 0.25) is 0 Å².